The van der Waals surface area contributed by atoms with Crippen molar-refractivity contribution in [3.8, 4) is 57.4 Å². The molecule has 0 N–H and O–H groups in total. The van der Waals surface area contributed by atoms with Gasteiger partial charge in [-0.15, -0.1) is 0 Å². The maximum Gasteiger partial charge on any atom is 0.238 e. The molecular formula is C66H42N10. The Labute approximate surface area is 436 Å². The lowest BCUT2D eigenvalue weighted by Gasteiger charge is -2.41. The highest BCUT2D eigenvalue weighted by Gasteiger charge is 2.37. The van der Waals surface area contributed by atoms with Gasteiger partial charge in [0.2, 0.25) is 11.9 Å². The third-order valence-corrected chi connectivity index (χ3v) is 14.3. The van der Waals surface area contributed by atoms with Crippen LogP contribution in [0, 0.1) is 0 Å². The quantitative estimate of drug-likeness (QED) is 0.149. The molecule has 0 saturated carbocycles. The predicted octanol–water partition coefficient (Wildman–Crippen LogP) is 16.2. The first-order valence-corrected chi connectivity index (χ1v) is 25.3. The molecule has 1 aliphatic heterocycles. The molecule has 0 radical (unpaired) electrons. The summed E-state index contributed by atoms with van der Waals surface area (Å²) in [5.74, 6) is 3.43. The van der Waals surface area contributed by atoms with Gasteiger partial charge in [0.15, 0.2) is 23.3 Å². The predicted molar refractivity (Wildman–Crippen MR) is 307 cm³/mol. The van der Waals surface area contributed by atoms with Gasteiger partial charge >= 0.3 is 0 Å². The lowest BCUT2D eigenvalue weighted by atomic mass is 9.98. The van der Waals surface area contributed by atoms with Crippen LogP contribution in [0.2, 0.25) is 0 Å². The smallest absolute Gasteiger partial charge is 0.238 e. The number of benzene rings is 10. The van der Waals surface area contributed by atoms with Gasteiger partial charge in [-0.1, -0.05) is 194 Å². The minimum Gasteiger partial charge on any atom is -0.306 e. The van der Waals surface area contributed by atoms with Crippen LogP contribution in [0.5, 0.6) is 0 Å². The van der Waals surface area contributed by atoms with Crippen molar-refractivity contribution in [2.45, 2.75) is 0 Å². The Kier molecular flexibility index (Phi) is 9.95. The Balaban J connectivity index is 1.04. The number of hydrogen-bond donors (Lipinski definition) is 0. The molecule has 0 atom stereocenters. The number of fused-ring (bicyclic) bond motifs is 10. The third-order valence-electron chi connectivity index (χ3n) is 14.3. The second-order valence-corrected chi connectivity index (χ2v) is 18.7. The number of nitrogens with zero attached hydrogens (tertiary/aromatic N) is 10. The maximum atomic E-state index is 5.30. The minimum atomic E-state index is 0.528. The van der Waals surface area contributed by atoms with Crippen molar-refractivity contribution in [1.82, 2.24) is 39.0 Å². The van der Waals surface area contributed by atoms with Gasteiger partial charge < -0.3 is 9.80 Å². The van der Waals surface area contributed by atoms with Gasteiger partial charge in [-0.25, -0.2) is 9.97 Å². The highest BCUT2D eigenvalue weighted by molar-refractivity contribution is 6.26. The summed E-state index contributed by atoms with van der Waals surface area (Å²) in [5.41, 5.74) is 13.6. The second kappa shape index (κ2) is 17.6. The first-order chi connectivity index (χ1) is 37.7. The molecule has 0 amide bonds. The van der Waals surface area contributed by atoms with E-state index < -0.39 is 0 Å². The molecule has 4 aromatic heterocycles. The van der Waals surface area contributed by atoms with Crippen LogP contribution in [-0.2, 0) is 0 Å². The molecule has 0 bridgehead atoms. The zero-order chi connectivity index (χ0) is 50.1. The van der Waals surface area contributed by atoms with Crippen LogP contribution in [0.15, 0.2) is 255 Å². The van der Waals surface area contributed by atoms with Gasteiger partial charge in [-0.3, -0.25) is 9.13 Å². The Morgan fingerprint density at radius 3 is 0.855 bits per heavy atom. The molecule has 15 rings (SSSR count). The normalized spacial score (nSPS) is 12.2. The molecule has 0 unspecified atom stereocenters. The molecule has 10 nitrogen and oxygen atoms in total. The van der Waals surface area contributed by atoms with E-state index in [-0.39, 0.29) is 0 Å². The topological polar surface area (TPSA) is 93.7 Å². The summed E-state index contributed by atoms with van der Waals surface area (Å²) in [6.07, 6.45) is 0. The van der Waals surface area contributed by atoms with Crippen molar-refractivity contribution < 1.29 is 0 Å². The van der Waals surface area contributed by atoms with Crippen LogP contribution in [-0.4, -0.2) is 39.0 Å². The van der Waals surface area contributed by atoms with Crippen LogP contribution < -0.4 is 9.80 Å². The molecule has 10 aromatic carbocycles. The van der Waals surface area contributed by atoms with E-state index in [0.29, 0.717) is 35.2 Å². The minimum absolute atomic E-state index is 0.528. The van der Waals surface area contributed by atoms with Crippen LogP contribution in [0.4, 0.5) is 34.1 Å². The van der Waals surface area contributed by atoms with E-state index in [1.807, 2.05) is 121 Å². The number of aromatic nitrogens is 8. The van der Waals surface area contributed by atoms with Crippen LogP contribution in [0.25, 0.3) is 101 Å². The Morgan fingerprint density at radius 1 is 0.237 bits per heavy atom. The number of hydrogen-bond acceptors (Lipinski definition) is 8. The van der Waals surface area contributed by atoms with E-state index in [2.05, 4.69) is 152 Å². The van der Waals surface area contributed by atoms with E-state index in [9.17, 15) is 0 Å². The van der Waals surface area contributed by atoms with Crippen molar-refractivity contribution >= 4 is 77.7 Å². The summed E-state index contributed by atoms with van der Waals surface area (Å²) in [7, 11) is 0. The van der Waals surface area contributed by atoms with Crippen LogP contribution >= 0.6 is 0 Å². The Morgan fingerprint density at radius 2 is 0.526 bits per heavy atom. The lowest BCUT2D eigenvalue weighted by molar-refractivity contribution is 0.952. The van der Waals surface area contributed by atoms with E-state index >= 15 is 0 Å². The Hall–Kier alpha value is -10.6. The Bertz CT molecular complexity index is 4100. The first kappa shape index (κ1) is 43.0. The van der Waals surface area contributed by atoms with Crippen LogP contribution in [0.3, 0.4) is 0 Å². The largest absolute Gasteiger partial charge is 0.306 e. The molecule has 0 saturated heterocycles. The van der Waals surface area contributed by atoms with Crippen molar-refractivity contribution in [3.05, 3.63) is 255 Å². The molecule has 1 aliphatic rings. The maximum absolute atomic E-state index is 5.30. The number of anilines is 6. The average Bonchev–Trinajstić information content (AvgIpc) is 4.22. The van der Waals surface area contributed by atoms with E-state index in [1.165, 1.54) is 0 Å². The summed E-state index contributed by atoms with van der Waals surface area (Å²) in [5, 5.41) is 4.23. The highest BCUT2D eigenvalue weighted by Crippen LogP contribution is 2.60. The SMILES string of the molecule is c1ccc(-c2nc(-c3ccccc3)nc(-n3c4ccccc4c4c5c(ccc43)N(c3ccccc3)c3c(ccc4c3c3ccccc3n4-c3nc(-c4ccccc4)nc(-c4ccccc4)n3)N5c3ccccc3)n2)cc1. The average molecular weight is 975 g/mol. The third kappa shape index (κ3) is 6.89. The summed E-state index contributed by atoms with van der Waals surface area (Å²) in [4.78, 5) is 36.2. The molecule has 0 fully saturated rings. The van der Waals surface area contributed by atoms with Gasteiger partial charge in [0.05, 0.1) is 44.8 Å². The molecular weight excluding hydrogens is 933 g/mol. The standard InChI is InChI=1S/C66H42N10/c1-7-23-43(24-8-1)61-67-62(44-25-9-2-10-26-44)70-65(69-61)75-51-37-21-19-35-49(51)57-53(75)39-41-55-59(57)73(47-31-15-5-16-32-47)56-42-40-54-58(60(56)74(55)48-33-17-6-18-34-48)50-36-20-22-38-52(50)76(54)66-71-63(45-27-11-3-12-28-45)68-64(72-66)46-29-13-4-14-30-46/h1-42H. The molecule has 10 heteroatoms. The summed E-state index contributed by atoms with van der Waals surface area (Å²) in [6.45, 7) is 0. The fourth-order valence-electron chi connectivity index (χ4n) is 11.0. The van der Waals surface area contributed by atoms with Gasteiger partial charge in [-0.05, 0) is 60.7 Å². The van der Waals surface area contributed by atoms with Crippen molar-refractivity contribution in [3.63, 3.8) is 0 Å². The molecule has 14 aromatic rings. The van der Waals surface area contributed by atoms with Gasteiger partial charge in [0.25, 0.3) is 0 Å². The zero-order valence-corrected chi connectivity index (χ0v) is 40.7. The van der Waals surface area contributed by atoms with E-state index in [1.54, 1.807) is 0 Å². The first-order valence-electron chi connectivity index (χ1n) is 25.3. The second-order valence-electron chi connectivity index (χ2n) is 18.7. The van der Waals surface area contributed by atoms with Crippen molar-refractivity contribution in [2.75, 3.05) is 9.80 Å². The molecule has 76 heavy (non-hydrogen) atoms. The monoisotopic (exact) mass is 974 g/mol. The van der Waals surface area contributed by atoms with Crippen molar-refractivity contribution in [1.29, 1.82) is 0 Å². The molecule has 356 valence electrons. The van der Waals surface area contributed by atoms with Crippen LogP contribution in [0.1, 0.15) is 0 Å². The summed E-state index contributed by atoms with van der Waals surface area (Å²) in [6, 6.07) is 88.1. The highest BCUT2D eigenvalue weighted by atomic mass is 15.3. The lowest BCUT2D eigenvalue weighted by Crippen LogP contribution is -2.24. The number of para-hydroxylation sites is 4. The molecule has 5 heterocycles. The molecule has 0 spiro atoms. The van der Waals surface area contributed by atoms with Gasteiger partial charge in [0, 0.05) is 55.2 Å². The number of rotatable bonds is 8. The van der Waals surface area contributed by atoms with Gasteiger partial charge in [0.1, 0.15) is 0 Å². The summed E-state index contributed by atoms with van der Waals surface area (Å²) < 4.78 is 4.41. The summed E-state index contributed by atoms with van der Waals surface area (Å²) >= 11 is 0. The fraction of sp³-hybridized carbons (Fsp3) is 0. The van der Waals surface area contributed by atoms with E-state index in [0.717, 1.165) is 100.0 Å². The van der Waals surface area contributed by atoms with E-state index in [4.69, 9.17) is 29.9 Å². The van der Waals surface area contributed by atoms with Crippen molar-refractivity contribution in [2.24, 2.45) is 0 Å². The van der Waals surface area contributed by atoms with Gasteiger partial charge in [-0.2, -0.15) is 19.9 Å². The zero-order valence-electron chi connectivity index (χ0n) is 40.7. The fourth-order valence-corrected chi connectivity index (χ4v) is 11.0. The molecule has 0 aliphatic carbocycles.